The Labute approximate surface area is 207 Å². The molecule has 0 amide bonds. The van der Waals surface area contributed by atoms with Gasteiger partial charge in [0.05, 0.1) is 11.4 Å². The summed E-state index contributed by atoms with van der Waals surface area (Å²) in [6, 6.07) is 38.9. The summed E-state index contributed by atoms with van der Waals surface area (Å²) in [6.45, 7) is 6.34. The maximum atomic E-state index is 6.58. The van der Waals surface area contributed by atoms with Gasteiger partial charge < -0.3 is 9.64 Å². The summed E-state index contributed by atoms with van der Waals surface area (Å²) in [5.74, 6) is 1.72. The van der Waals surface area contributed by atoms with Gasteiger partial charge in [-0.15, -0.1) is 0 Å². The fourth-order valence-corrected chi connectivity index (χ4v) is 4.63. The van der Waals surface area contributed by atoms with Gasteiger partial charge in [0.1, 0.15) is 0 Å². The average Bonchev–Trinajstić information content (AvgIpc) is 2.88. The Kier molecular flexibility index (Phi) is 5.15. The number of nitrogens with zero attached hydrogens (tertiary/aromatic N) is 1. The van der Waals surface area contributed by atoms with E-state index in [4.69, 9.17) is 4.74 Å². The van der Waals surface area contributed by atoms with Gasteiger partial charge in [-0.25, -0.2) is 0 Å². The molecule has 0 radical (unpaired) electrons. The topological polar surface area (TPSA) is 12.5 Å². The number of ether oxygens (including phenoxy) is 1. The zero-order valence-corrected chi connectivity index (χ0v) is 20.2. The highest BCUT2D eigenvalue weighted by atomic mass is 16.5. The summed E-state index contributed by atoms with van der Waals surface area (Å²) in [5, 5.41) is 0. The largest absolute Gasteiger partial charge is 0.453 e. The third kappa shape index (κ3) is 3.98. The molecule has 0 aliphatic carbocycles. The quantitative estimate of drug-likeness (QED) is 0.264. The third-order valence-corrected chi connectivity index (χ3v) is 6.68. The van der Waals surface area contributed by atoms with Gasteiger partial charge in [0, 0.05) is 5.69 Å². The van der Waals surface area contributed by atoms with Gasteiger partial charge in [0.15, 0.2) is 11.5 Å². The van der Waals surface area contributed by atoms with Gasteiger partial charge in [0.2, 0.25) is 0 Å². The lowest BCUT2D eigenvalue weighted by molar-refractivity contribution is 0.477. The first-order chi connectivity index (χ1) is 17.0. The van der Waals surface area contributed by atoms with E-state index in [1.54, 1.807) is 0 Å². The Balaban J connectivity index is 1.49. The van der Waals surface area contributed by atoms with Gasteiger partial charge >= 0.3 is 0 Å². The number of aryl methyl sites for hydroxylation is 3. The maximum absolute atomic E-state index is 6.58. The second-order valence-electron chi connectivity index (χ2n) is 9.37. The first-order valence-electron chi connectivity index (χ1n) is 12.0. The SMILES string of the molecule is Cc1ccc(-c2ccc3c(c2)Oc2cc(-c4ccc(C)cc4)ccc2N3c2ccc(C)cc2)cc1. The van der Waals surface area contributed by atoms with Gasteiger partial charge in [-0.3, -0.25) is 0 Å². The molecule has 0 fully saturated rings. The van der Waals surface area contributed by atoms with Crippen molar-refractivity contribution in [2.45, 2.75) is 20.8 Å². The van der Waals surface area contributed by atoms with E-state index in [-0.39, 0.29) is 0 Å². The molecule has 0 saturated carbocycles. The third-order valence-electron chi connectivity index (χ3n) is 6.68. The summed E-state index contributed by atoms with van der Waals surface area (Å²) in [4.78, 5) is 2.30. The van der Waals surface area contributed by atoms with Crippen LogP contribution in [0.5, 0.6) is 11.5 Å². The van der Waals surface area contributed by atoms with Crippen LogP contribution in [0.25, 0.3) is 22.3 Å². The molecule has 6 rings (SSSR count). The van der Waals surface area contributed by atoms with Crippen molar-refractivity contribution in [3.8, 4) is 33.8 Å². The lowest BCUT2D eigenvalue weighted by Gasteiger charge is -2.33. The molecule has 170 valence electrons. The second-order valence-corrected chi connectivity index (χ2v) is 9.37. The molecule has 0 bridgehead atoms. The van der Waals surface area contributed by atoms with Crippen LogP contribution in [0, 0.1) is 20.8 Å². The highest BCUT2D eigenvalue weighted by Gasteiger charge is 2.26. The zero-order chi connectivity index (χ0) is 23.9. The van der Waals surface area contributed by atoms with Crippen molar-refractivity contribution in [1.29, 1.82) is 0 Å². The van der Waals surface area contributed by atoms with Crippen LogP contribution < -0.4 is 9.64 Å². The molecule has 5 aromatic rings. The predicted octanol–water partition coefficient (Wildman–Crippen LogP) is 9.52. The van der Waals surface area contributed by atoms with Crippen molar-refractivity contribution in [3.63, 3.8) is 0 Å². The van der Waals surface area contributed by atoms with Gasteiger partial charge in [0.25, 0.3) is 0 Å². The summed E-state index contributed by atoms with van der Waals surface area (Å²) >= 11 is 0. The number of rotatable bonds is 3. The Morgan fingerprint density at radius 1 is 0.429 bits per heavy atom. The van der Waals surface area contributed by atoms with Crippen molar-refractivity contribution in [3.05, 3.63) is 126 Å². The number of hydrogen-bond acceptors (Lipinski definition) is 2. The van der Waals surface area contributed by atoms with Crippen molar-refractivity contribution < 1.29 is 4.74 Å². The number of hydrogen-bond donors (Lipinski definition) is 0. The van der Waals surface area contributed by atoms with Crippen LogP contribution in [0.3, 0.4) is 0 Å². The van der Waals surface area contributed by atoms with Gasteiger partial charge in [-0.1, -0.05) is 89.5 Å². The smallest absolute Gasteiger partial charge is 0.152 e. The Bertz CT molecular complexity index is 1420. The molecule has 0 aromatic heterocycles. The summed E-state index contributed by atoms with van der Waals surface area (Å²) in [6.07, 6.45) is 0. The first kappa shape index (κ1) is 21.2. The van der Waals surface area contributed by atoms with Crippen LogP contribution in [-0.2, 0) is 0 Å². The van der Waals surface area contributed by atoms with Crippen molar-refractivity contribution >= 4 is 17.1 Å². The van der Waals surface area contributed by atoms with Crippen LogP contribution in [0.1, 0.15) is 16.7 Å². The van der Waals surface area contributed by atoms with E-state index in [1.807, 2.05) is 0 Å². The average molecular weight is 454 g/mol. The minimum absolute atomic E-state index is 0.859. The summed E-state index contributed by atoms with van der Waals surface area (Å²) in [5.41, 5.74) is 11.6. The normalized spacial score (nSPS) is 12.0. The predicted molar refractivity (Wildman–Crippen MR) is 146 cm³/mol. The Hall–Kier alpha value is -4.30. The molecule has 1 aliphatic rings. The summed E-state index contributed by atoms with van der Waals surface area (Å²) < 4.78 is 6.58. The maximum Gasteiger partial charge on any atom is 0.152 e. The van der Waals surface area contributed by atoms with Crippen LogP contribution >= 0.6 is 0 Å². The fourth-order valence-electron chi connectivity index (χ4n) is 4.63. The number of benzene rings is 5. The zero-order valence-electron chi connectivity index (χ0n) is 20.2. The molecule has 0 spiro atoms. The van der Waals surface area contributed by atoms with E-state index in [0.29, 0.717) is 0 Å². The lowest BCUT2D eigenvalue weighted by Crippen LogP contribution is -2.16. The van der Waals surface area contributed by atoms with Crippen LogP contribution in [0.4, 0.5) is 17.1 Å². The van der Waals surface area contributed by atoms with E-state index < -0.39 is 0 Å². The molecule has 0 unspecified atom stereocenters. The van der Waals surface area contributed by atoms with E-state index in [2.05, 4.69) is 135 Å². The lowest BCUT2D eigenvalue weighted by atomic mass is 10.00. The fraction of sp³-hybridized carbons (Fsp3) is 0.0909. The second kappa shape index (κ2) is 8.48. The van der Waals surface area contributed by atoms with Crippen LogP contribution in [-0.4, -0.2) is 0 Å². The highest BCUT2D eigenvalue weighted by Crippen LogP contribution is 2.52. The van der Waals surface area contributed by atoms with Crippen molar-refractivity contribution in [1.82, 2.24) is 0 Å². The molecule has 5 aromatic carbocycles. The molecule has 35 heavy (non-hydrogen) atoms. The minimum Gasteiger partial charge on any atom is -0.453 e. The first-order valence-corrected chi connectivity index (χ1v) is 12.0. The van der Waals surface area contributed by atoms with Gasteiger partial charge in [-0.2, -0.15) is 0 Å². The van der Waals surface area contributed by atoms with E-state index in [0.717, 1.165) is 39.7 Å². The highest BCUT2D eigenvalue weighted by molar-refractivity contribution is 5.89. The van der Waals surface area contributed by atoms with E-state index in [9.17, 15) is 0 Å². The Morgan fingerprint density at radius 2 is 0.800 bits per heavy atom. The molecule has 1 aliphatic heterocycles. The molecular weight excluding hydrogens is 426 g/mol. The monoisotopic (exact) mass is 453 g/mol. The molecule has 0 saturated heterocycles. The van der Waals surface area contributed by atoms with Crippen LogP contribution in [0.15, 0.2) is 109 Å². The minimum atomic E-state index is 0.859. The Morgan fingerprint density at radius 3 is 1.23 bits per heavy atom. The van der Waals surface area contributed by atoms with Crippen LogP contribution in [0.2, 0.25) is 0 Å². The molecule has 1 heterocycles. The van der Waals surface area contributed by atoms with Crippen molar-refractivity contribution in [2.24, 2.45) is 0 Å². The van der Waals surface area contributed by atoms with E-state index in [1.165, 1.54) is 27.8 Å². The van der Waals surface area contributed by atoms with E-state index >= 15 is 0 Å². The van der Waals surface area contributed by atoms with Crippen molar-refractivity contribution in [2.75, 3.05) is 4.90 Å². The summed E-state index contributed by atoms with van der Waals surface area (Å²) in [7, 11) is 0. The van der Waals surface area contributed by atoms with Gasteiger partial charge in [-0.05, 0) is 79.4 Å². The molecule has 0 atom stereocenters. The standard InChI is InChI=1S/C33H27NO/c1-22-4-10-25(11-5-22)27-14-18-30-32(20-27)35-33-21-28(26-12-6-23(2)7-13-26)15-19-31(33)34(30)29-16-8-24(3)9-17-29/h4-21H,1-3H3. The molecular formula is C33H27NO. The number of anilines is 3. The number of fused-ring (bicyclic) bond motifs is 2. The molecule has 2 nitrogen and oxygen atoms in total. The molecule has 2 heteroatoms. The molecule has 0 N–H and O–H groups in total.